The number of nitrogens with zero attached hydrogens (tertiary/aromatic N) is 1. The fourth-order valence-corrected chi connectivity index (χ4v) is 2.41. The van der Waals surface area contributed by atoms with E-state index in [0.29, 0.717) is 16.6 Å². The van der Waals surface area contributed by atoms with Gasteiger partial charge in [-0.15, -0.1) is 0 Å². The first-order valence-electron chi connectivity index (χ1n) is 5.24. The fourth-order valence-electron chi connectivity index (χ4n) is 2.06. The summed E-state index contributed by atoms with van der Waals surface area (Å²) in [7, 11) is 0. The Bertz CT molecular complexity index is 841. The molecule has 2 aromatic carbocycles. The molecule has 90 valence electrons. The molecular weight excluding hydrogens is 296 g/mol. The van der Waals surface area contributed by atoms with Crippen molar-refractivity contribution < 1.29 is 0 Å². The molecular formula is C12H9BrN4O. The van der Waals surface area contributed by atoms with E-state index < -0.39 is 0 Å². The lowest BCUT2D eigenvalue weighted by Crippen LogP contribution is -2.11. The van der Waals surface area contributed by atoms with Crippen LogP contribution in [-0.4, -0.2) is 9.97 Å². The summed E-state index contributed by atoms with van der Waals surface area (Å²) in [6.07, 6.45) is 0. The van der Waals surface area contributed by atoms with Gasteiger partial charge in [-0.25, -0.2) is 4.98 Å². The zero-order valence-electron chi connectivity index (χ0n) is 9.20. The molecule has 3 rings (SSSR count). The molecule has 1 heterocycles. The number of hydrogen-bond acceptors (Lipinski definition) is 4. The normalized spacial score (nSPS) is 11.2. The minimum Gasteiger partial charge on any atom is -0.397 e. The predicted octanol–water partition coefficient (Wildman–Crippen LogP) is 2.00. The number of hydrogen-bond donors (Lipinski definition) is 3. The van der Waals surface area contributed by atoms with Gasteiger partial charge in [0.05, 0.1) is 16.6 Å². The number of halogens is 1. The van der Waals surface area contributed by atoms with Gasteiger partial charge in [0.25, 0.3) is 5.56 Å². The number of fused-ring (bicyclic) bond motifs is 3. The molecule has 0 saturated heterocycles. The highest BCUT2D eigenvalue weighted by molar-refractivity contribution is 9.10. The third-order valence-electron chi connectivity index (χ3n) is 2.88. The number of benzene rings is 2. The molecule has 0 aliphatic heterocycles. The fraction of sp³-hybridized carbons (Fsp3) is 0. The first kappa shape index (κ1) is 11.0. The summed E-state index contributed by atoms with van der Waals surface area (Å²) in [6.45, 7) is 0. The van der Waals surface area contributed by atoms with Gasteiger partial charge in [0.1, 0.15) is 0 Å². The molecule has 3 aromatic rings. The van der Waals surface area contributed by atoms with Gasteiger partial charge in [0.15, 0.2) is 0 Å². The number of H-pyrrole nitrogens is 1. The predicted molar refractivity (Wildman–Crippen MR) is 76.4 cm³/mol. The lowest BCUT2D eigenvalue weighted by molar-refractivity contribution is 1.19. The van der Waals surface area contributed by atoms with E-state index in [2.05, 4.69) is 25.9 Å². The van der Waals surface area contributed by atoms with Gasteiger partial charge < -0.3 is 11.5 Å². The van der Waals surface area contributed by atoms with Gasteiger partial charge in [0.2, 0.25) is 5.95 Å². The summed E-state index contributed by atoms with van der Waals surface area (Å²) in [5.74, 6) is 0.108. The maximum absolute atomic E-state index is 12.0. The van der Waals surface area contributed by atoms with E-state index in [1.165, 1.54) is 0 Å². The molecule has 1 aromatic heterocycles. The zero-order chi connectivity index (χ0) is 12.9. The number of nitrogens with one attached hydrogen (secondary N) is 1. The molecule has 5 N–H and O–H groups in total. The van der Waals surface area contributed by atoms with Gasteiger partial charge in [-0.05, 0) is 33.4 Å². The Labute approximate surface area is 110 Å². The third-order valence-corrected chi connectivity index (χ3v) is 3.57. The zero-order valence-corrected chi connectivity index (χ0v) is 10.8. The average molecular weight is 305 g/mol. The Balaban J connectivity index is 2.63. The summed E-state index contributed by atoms with van der Waals surface area (Å²) < 4.78 is 0.800. The van der Waals surface area contributed by atoms with Crippen LogP contribution in [-0.2, 0) is 0 Å². The van der Waals surface area contributed by atoms with Gasteiger partial charge in [-0.2, -0.15) is 0 Å². The lowest BCUT2D eigenvalue weighted by atomic mass is 10.0. The van der Waals surface area contributed by atoms with Crippen LogP contribution in [0.25, 0.3) is 21.7 Å². The molecule has 0 unspecified atom stereocenters. The average Bonchev–Trinajstić information content (AvgIpc) is 2.32. The SMILES string of the molecule is Nc1nc2ccc3c(N)c(Br)ccc3c2c(=O)[nH]1. The second-order valence-electron chi connectivity index (χ2n) is 3.97. The summed E-state index contributed by atoms with van der Waals surface area (Å²) in [5, 5.41) is 2.08. The van der Waals surface area contributed by atoms with Crippen molar-refractivity contribution in [1.29, 1.82) is 0 Å². The van der Waals surface area contributed by atoms with E-state index in [1.807, 2.05) is 18.2 Å². The molecule has 0 atom stereocenters. The Kier molecular flexibility index (Phi) is 2.27. The molecule has 0 radical (unpaired) electrons. The van der Waals surface area contributed by atoms with Crippen LogP contribution in [0.2, 0.25) is 0 Å². The van der Waals surface area contributed by atoms with E-state index in [0.717, 1.165) is 15.2 Å². The monoisotopic (exact) mass is 304 g/mol. The Morgan fingerprint density at radius 3 is 2.61 bits per heavy atom. The number of aromatic nitrogens is 2. The Morgan fingerprint density at radius 1 is 1.11 bits per heavy atom. The smallest absolute Gasteiger partial charge is 0.260 e. The van der Waals surface area contributed by atoms with Gasteiger partial charge in [-0.3, -0.25) is 9.78 Å². The molecule has 0 bridgehead atoms. The van der Waals surface area contributed by atoms with Crippen LogP contribution in [0, 0.1) is 0 Å². The van der Waals surface area contributed by atoms with Crippen LogP contribution >= 0.6 is 15.9 Å². The standard InChI is InChI=1S/C12H9BrN4O/c13-7-3-1-5-6(10(7)14)2-4-8-9(5)11(18)17-12(15)16-8/h1-4H,14H2,(H3,15,16,17,18). The number of nitrogen functional groups attached to an aromatic ring is 2. The van der Waals surface area contributed by atoms with Crippen molar-refractivity contribution in [2.75, 3.05) is 11.5 Å². The van der Waals surface area contributed by atoms with E-state index in [1.54, 1.807) is 6.07 Å². The first-order chi connectivity index (χ1) is 8.58. The van der Waals surface area contributed by atoms with Crippen molar-refractivity contribution in [2.24, 2.45) is 0 Å². The van der Waals surface area contributed by atoms with Crippen LogP contribution in [0.1, 0.15) is 0 Å². The summed E-state index contributed by atoms with van der Waals surface area (Å²) in [5.41, 5.74) is 12.4. The molecule has 0 aliphatic carbocycles. The van der Waals surface area contributed by atoms with Crippen LogP contribution in [0.4, 0.5) is 11.6 Å². The van der Waals surface area contributed by atoms with Crippen molar-refractivity contribution >= 4 is 49.2 Å². The molecule has 0 amide bonds. The molecule has 6 heteroatoms. The van der Waals surface area contributed by atoms with E-state index >= 15 is 0 Å². The molecule has 0 fully saturated rings. The minimum atomic E-state index is -0.259. The summed E-state index contributed by atoms with van der Waals surface area (Å²) in [4.78, 5) is 18.6. The maximum atomic E-state index is 12.0. The highest BCUT2D eigenvalue weighted by Crippen LogP contribution is 2.31. The number of aromatic amines is 1. The molecule has 0 spiro atoms. The number of anilines is 2. The minimum absolute atomic E-state index is 0.108. The first-order valence-corrected chi connectivity index (χ1v) is 6.03. The molecule has 5 nitrogen and oxygen atoms in total. The molecule has 0 aliphatic rings. The largest absolute Gasteiger partial charge is 0.397 e. The van der Waals surface area contributed by atoms with E-state index in [-0.39, 0.29) is 11.5 Å². The van der Waals surface area contributed by atoms with Gasteiger partial charge in [-0.1, -0.05) is 12.1 Å². The van der Waals surface area contributed by atoms with Crippen molar-refractivity contribution in [1.82, 2.24) is 9.97 Å². The van der Waals surface area contributed by atoms with E-state index in [9.17, 15) is 4.79 Å². The topological polar surface area (TPSA) is 97.8 Å². The third kappa shape index (κ3) is 1.46. The highest BCUT2D eigenvalue weighted by atomic mass is 79.9. The maximum Gasteiger partial charge on any atom is 0.260 e. The van der Waals surface area contributed by atoms with Crippen LogP contribution < -0.4 is 17.0 Å². The van der Waals surface area contributed by atoms with Crippen LogP contribution in [0.3, 0.4) is 0 Å². The van der Waals surface area contributed by atoms with Crippen molar-refractivity contribution in [3.05, 3.63) is 39.1 Å². The van der Waals surface area contributed by atoms with Crippen molar-refractivity contribution in [2.45, 2.75) is 0 Å². The summed E-state index contributed by atoms with van der Waals surface area (Å²) >= 11 is 3.36. The summed E-state index contributed by atoms with van der Waals surface area (Å²) in [6, 6.07) is 7.23. The quantitative estimate of drug-likeness (QED) is 0.437. The van der Waals surface area contributed by atoms with Crippen molar-refractivity contribution in [3.8, 4) is 0 Å². The second-order valence-corrected chi connectivity index (χ2v) is 4.82. The lowest BCUT2D eigenvalue weighted by Gasteiger charge is -2.07. The van der Waals surface area contributed by atoms with Gasteiger partial charge >= 0.3 is 0 Å². The van der Waals surface area contributed by atoms with E-state index in [4.69, 9.17) is 11.5 Å². The van der Waals surface area contributed by atoms with Gasteiger partial charge in [0, 0.05) is 9.86 Å². The van der Waals surface area contributed by atoms with Crippen molar-refractivity contribution in [3.63, 3.8) is 0 Å². The van der Waals surface area contributed by atoms with Crippen LogP contribution in [0.5, 0.6) is 0 Å². The Morgan fingerprint density at radius 2 is 1.83 bits per heavy atom. The number of rotatable bonds is 0. The molecule has 18 heavy (non-hydrogen) atoms. The Hall–Kier alpha value is -2.08. The number of nitrogens with two attached hydrogens (primary N) is 2. The highest BCUT2D eigenvalue weighted by Gasteiger charge is 2.09. The second kappa shape index (κ2) is 3.71. The van der Waals surface area contributed by atoms with Crippen LogP contribution in [0.15, 0.2) is 33.5 Å². The molecule has 0 saturated carbocycles.